The zero-order valence-corrected chi connectivity index (χ0v) is 26.2. The van der Waals surface area contributed by atoms with Crippen molar-refractivity contribution in [1.29, 1.82) is 0 Å². The Balaban J connectivity index is 1.95. The number of aliphatic hydroxyl groups is 2. The fourth-order valence-electron chi connectivity index (χ4n) is 5.51. The lowest BCUT2D eigenvalue weighted by atomic mass is 9.99. The monoisotopic (exact) mass is 619 g/mol. The molecular weight excluding hydrogens is 572 g/mol. The molecule has 44 heavy (non-hydrogen) atoms. The van der Waals surface area contributed by atoms with Gasteiger partial charge in [0.2, 0.25) is 5.91 Å². The highest BCUT2D eigenvalue weighted by molar-refractivity contribution is 5.94. The van der Waals surface area contributed by atoms with Gasteiger partial charge in [-0.1, -0.05) is 38.1 Å². The van der Waals surface area contributed by atoms with Crippen LogP contribution in [0, 0.1) is 17.6 Å². The Kier molecular flexibility index (Phi) is 14.1. The van der Waals surface area contributed by atoms with Crippen molar-refractivity contribution in [3.8, 4) is 0 Å². The number of methoxy groups -OCH3 is 1. The molecule has 11 heteroatoms. The third-order valence-electron chi connectivity index (χ3n) is 7.80. The second kappa shape index (κ2) is 17.5. The molecule has 1 heterocycles. The van der Waals surface area contributed by atoms with Crippen LogP contribution in [0.4, 0.5) is 8.78 Å². The minimum atomic E-state index is -1.37. The van der Waals surface area contributed by atoms with Crippen LogP contribution < -0.4 is 0 Å². The first-order chi connectivity index (χ1) is 21.0. The molecule has 9 nitrogen and oxygen atoms in total. The van der Waals surface area contributed by atoms with E-state index < -0.39 is 36.1 Å². The summed E-state index contributed by atoms with van der Waals surface area (Å²) in [6.07, 6.45) is -1.85. The van der Waals surface area contributed by atoms with E-state index >= 15 is 0 Å². The molecule has 2 aromatic rings. The van der Waals surface area contributed by atoms with Gasteiger partial charge in [-0.05, 0) is 62.1 Å². The number of amides is 2. The number of carbonyl (C=O) groups is 2. The van der Waals surface area contributed by atoms with Crippen LogP contribution in [0.1, 0.15) is 49.0 Å². The number of hydrogen-bond acceptors (Lipinski definition) is 7. The largest absolute Gasteiger partial charge is 0.388 e. The number of hydrogen-bond donors (Lipinski definition) is 2. The Hall–Kier alpha value is -2.96. The van der Waals surface area contributed by atoms with E-state index in [1.165, 1.54) is 42.3 Å². The molecule has 1 saturated heterocycles. The van der Waals surface area contributed by atoms with E-state index in [0.717, 1.165) is 5.56 Å². The molecule has 2 N–H and O–H groups in total. The highest BCUT2D eigenvalue weighted by Crippen LogP contribution is 2.20. The Morgan fingerprint density at radius 2 is 1.77 bits per heavy atom. The Morgan fingerprint density at radius 1 is 1.07 bits per heavy atom. The number of benzene rings is 2. The van der Waals surface area contributed by atoms with Gasteiger partial charge >= 0.3 is 0 Å². The standard InChI is InChI=1S/C33H47F2N3O6/c1-23(2)17-26-19-37(33(42)27-9-5-6-10-28(27)35)20-30(43-4)32(41)29(39)22-44-16-8-7-15-38(26)31(40)21-36(3)18-24-11-13-25(34)14-12-24/h5-6,9-14,23,26,29-30,32,39,41H,7-8,15-22H2,1-4H3/t26-,29-,30-,32-/m1/s1. The highest BCUT2D eigenvalue weighted by Gasteiger charge is 2.34. The summed E-state index contributed by atoms with van der Waals surface area (Å²) in [5, 5.41) is 21.5. The molecule has 0 spiro atoms. The molecular formula is C33H47F2N3O6. The quantitative estimate of drug-likeness (QED) is 0.468. The molecule has 1 fully saturated rings. The van der Waals surface area contributed by atoms with Crippen molar-refractivity contribution in [3.63, 3.8) is 0 Å². The smallest absolute Gasteiger partial charge is 0.256 e. The SMILES string of the molecule is CO[C@@H]1CN(C(=O)c2ccccc2F)C[C@@H](CC(C)C)N(C(=O)CN(C)Cc2ccc(F)cc2)CCCCOC[C@@H](O)[C@H]1O. The summed E-state index contributed by atoms with van der Waals surface area (Å²) in [6.45, 7) is 5.12. The number of carbonyl (C=O) groups excluding carboxylic acids is 2. The van der Waals surface area contributed by atoms with Crippen molar-refractivity contribution in [3.05, 3.63) is 71.3 Å². The summed E-state index contributed by atoms with van der Waals surface area (Å²) in [4.78, 5) is 32.8. The molecule has 0 unspecified atom stereocenters. The highest BCUT2D eigenvalue weighted by atomic mass is 19.1. The van der Waals surface area contributed by atoms with Gasteiger partial charge in [-0.15, -0.1) is 0 Å². The van der Waals surface area contributed by atoms with Gasteiger partial charge in [-0.2, -0.15) is 0 Å². The second-order valence-electron chi connectivity index (χ2n) is 12.0. The molecule has 3 rings (SSSR count). The van der Waals surface area contributed by atoms with Crippen LogP contribution in [0.15, 0.2) is 48.5 Å². The summed E-state index contributed by atoms with van der Waals surface area (Å²) in [6, 6.07) is 11.4. The average Bonchev–Trinajstić information content (AvgIpc) is 2.98. The van der Waals surface area contributed by atoms with Crippen molar-refractivity contribution in [2.24, 2.45) is 5.92 Å². The van der Waals surface area contributed by atoms with E-state index in [-0.39, 0.29) is 49.4 Å². The van der Waals surface area contributed by atoms with Gasteiger partial charge in [-0.3, -0.25) is 14.5 Å². The molecule has 0 saturated carbocycles. The molecule has 4 atom stereocenters. The predicted molar refractivity (Wildman–Crippen MR) is 163 cm³/mol. The van der Waals surface area contributed by atoms with E-state index in [2.05, 4.69) is 0 Å². The van der Waals surface area contributed by atoms with Gasteiger partial charge in [0.15, 0.2) is 0 Å². The Morgan fingerprint density at radius 3 is 2.43 bits per heavy atom. The van der Waals surface area contributed by atoms with Gasteiger partial charge in [0.05, 0.1) is 18.7 Å². The van der Waals surface area contributed by atoms with Gasteiger partial charge in [0.1, 0.15) is 29.9 Å². The van der Waals surface area contributed by atoms with Gasteiger partial charge in [0.25, 0.3) is 5.91 Å². The first-order valence-electron chi connectivity index (χ1n) is 15.2. The fraction of sp³-hybridized carbons (Fsp3) is 0.576. The number of aliphatic hydroxyl groups excluding tert-OH is 2. The predicted octanol–water partition coefficient (Wildman–Crippen LogP) is 3.33. The van der Waals surface area contributed by atoms with Crippen LogP contribution in [0.3, 0.4) is 0 Å². The van der Waals surface area contributed by atoms with Crippen molar-refractivity contribution < 1.29 is 38.1 Å². The summed E-state index contributed by atoms with van der Waals surface area (Å²) in [5.74, 6) is -1.60. The fourth-order valence-corrected chi connectivity index (χ4v) is 5.51. The van der Waals surface area contributed by atoms with Gasteiger partial charge < -0.3 is 29.5 Å². The molecule has 2 aromatic carbocycles. The minimum absolute atomic E-state index is 0.0674. The average molecular weight is 620 g/mol. The van der Waals surface area contributed by atoms with Crippen LogP contribution >= 0.6 is 0 Å². The topological polar surface area (TPSA) is 103 Å². The minimum Gasteiger partial charge on any atom is -0.388 e. The third-order valence-corrected chi connectivity index (χ3v) is 7.80. The maximum absolute atomic E-state index is 14.8. The van der Waals surface area contributed by atoms with Gasteiger partial charge in [-0.25, -0.2) is 8.78 Å². The number of halogens is 2. The van der Waals surface area contributed by atoms with Crippen LogP contribution in [0.5, 0.6) is 0 Å². The van der Waals surface area contributed by atoms with E-state index in [0.29, 0.717) is 39.0 Å². The van der Waals surface area contributed by atoms with Crippen molar-refractivity contribution in [1.82, 2.24) is 14.7 Å². The lowest BCUT2D eigenvalue weighted by Gasteiger charge is -2.39. The normalized spacial score (nSPS) is 22.7. The molecule has 244 valence electrons. The van der Waals surface area contributed by atoms with Crippen LogP contribution in [0.2, 0.25) is 0 Å². The van der Waals surface area contributed by atoms with Crippen molar-refractivity contribution in [2.45, 2.75) is 64.0 Å². The summed E-state index contributed by atoms with van der Waals surface area (Å²) >= 11 is 0. The number of ether oxygens (including phenoxy) is 2. The van der Waals surface area contributed by atoms with Crippen LogP contribution in [-0.2, 0) is 20.8 Å². The molecule has 1 aliphatic rings. The number of likely N-dealkylation sites (N-methyl/N-ethyl adjacent to an activating group) is 1. The molecule has 2 amide bonds. The first kappa shape index (κ1) is 35.5. The maximum atomic E-state index is 14.8. The van der Waals surface area contributed by atoms with Crippen LogP contribution in [0.25, 0.3) is 0 Å². The van der Waals surface area contributed by atoms with E-state index in [1.807, 2.05) is 25.8 Å². The van der Waals surface area contributed by atoms with Crippen molar-refractivity contribution in [2.75, 3.05) is 53.6 Å². The summed E-state index contributed by atoms with van der Waals surface area (Å²) < 4.78 is 39.4. The summed E-state index contributed by atoms with van der Waals surface area (Å²) in [5.41, 5.74) is 0.730. The maximum Gasteiger partial charge on any atom is 0.256 e. The molecule has 1 aliphatic heterocycles. The molecule has 0 aliphatic carbocycles. The first-order valence-corrected chi connectivity index (χ1v) is 15.2. The van der Waals surface area contributed by atoms with Crippen molar-refractivity contribution >= 4 is 11.8 Å². The Bertz CT molecular complexity index is 1180. The van der Waals surface area contributed by atoms with E-state index in [4.69, 9.17) is 9.47 Å². The number of nitrogens with zero attached hydrogens (tertiary/aromatic N) is 3. The summed E-state index contributed by atoms with van der Waals surface area (Å²) in [7, 11) is 3.19. The molecule has 0 aromatic heterocycles. The lowest BCUT2D eigenvalue weighted by Crippen LogP contribution is -2.54. The Labute approximate surface area is 259 Å². The van der Waals surface area contributed by atoms with E-state index in [9.17, 15) is 28.6 Å². The third kappa shape index (κ3) is 10.6. The lowest BCUT2D eigenvalue weighted by molar-refractivity contribution is -0.136. The number of rotatable bonds is 8. The zero-order chi connectivity index (χ0) is 32.2. The zero-order valence-electron chi connectivity index (χ0n) is 26.2. The van der Waals surface area contributed by atoms with Crippen LogP contribution in [-0.4, -0.2) is 115 Å². The second-order valence-corrected chi connectivity index (χ2v) is 12.0. The van der Waals surface area contributed by atoms with E-state index in [1.54, 1.807) is 23.1 Å². The van der Waals surface area contributed by atoms with Gasteiger partial charge in [0, 0.05) is 45.9 Å². The molecule has 0 radical (unpaired) electrons. The molecule has 0 bridgehead atoms.